The Morgan fingerprint density at radius 2 is 1.64 bits per heavy atom. The highest BCUT2D eigenvalue weighted by Gasteiger charge is 2.21. The van der Waals surface area contributed by atoms with Gasteiger partial charge in [-0.25, -0.2) is 0 Å². The summed E-state index contributed by atoms with van der Waals surface area (Å²) in [6.07, 6.45) is 1.73. The van der Waals surface area contributed by atoms with Crippen molar-refractivity contribution < 1.29 is 14.3 Å². The number of hydrogen-bond acceptors (Lipinski definition) is 5. The van der Waals surface area contributed by atoms with Gasteiger partial charge in [0.15, 0.2) is 11.5 Å². The molecule has 1 fully saturated rings. The number of fused-ring (bicyclic) bond motifs is 1. The Bertz CT molecular complexity index is 1400. The Hall–Kier alpha value is -3.84. The Labute approximate surface area is 211 Å². The lowest BCUT2D eigenvalue weighted by molar-refractivity contribution is 0.0730. The smallest absolute Gasteiger partial charge is 0.272 e. The minimum absolute atomic E-state index is 0.0142. The number of nitrogens with one attached hydrogen (secondary N) is 2. The third-order valence-corrected chi connectivity index (χ3v) is 6.80. The van der Waals surface area contributed by atoms with Crippen LogP contribution in [0.15, 0.2) is 54.7 Å². The van der Waals surface area contributed by atoms with Gasteiger partial charge in [-0.2, -0.15) is 0 Å². The van der Waals surface area contributed by atoms with Crippen LogP contribution in [0, 0.1) is 0 Å². The number of aromatic nitrogens is 2. The van der Waals surface area contributed by atoms with E-state index in [-0.39, 0.29) is 5.91 Å². The number of methoxy groups -OCH3 is 2. The minimum Gasteiger partial charge on any atom is -0.493 e. The van der Waals surface area contributed by atoms with Crippen LogP contribution >= 0.6 is 0 Å². The molecule has 36 heavy (non-hydrogen) atoms. The zero-order valence-corrected chi connectivity index (χ0v) is 21.2. The summed E-state index contributed by atoms with van der Waals surface area (Å²) in [5.41, 5.74) is 6.94. The second kappa shape index (κ2) is 10.0. The second-order valence-corrected chi connectivity index (χ2v) is 9.37. The molecule has 1 aliphatic rings. The molecule has 1 aliphatic heterocycles. The van der Waals surface area contributed by atoms with Crippen molar-refractivity contribution in [2.75, 3.05) is 40.4 Å². The summed E-state index contributed by atoms with van der Waals surface area (Å²) < 4.78 is 11.0. The number of carbonyl (C=O) groups is 1. The summed E-state index contributed by atoms with van der Waals surface area (Å²) in [4.78, 5) is 22.9. The first-order valence-corrected chi connectivity index (χ1v) is 12.3. The summed E-state index contributed by atoms with van der Waals surface area (Å²) >= 11 is 0. The molecule has 186 valence electrons. The fourth-order valence-corrected chi connectivity index (χ4v) is 4.97. The van der Waals surface area contributed by atoms with Crippen LogP contribution in [0.25, 0.3) is 33.3 Å². The third-order valence-electron chi connectivity index (χ3n) is 6.80. The zero-order chi connectivity index (χ0) is 25.2. The average Bonchev–Trinajstić information content (AvgIpc) is 3.32. The average molecular weight is 485 g/mol. The number of H-pyrrole nitrogens is 1. The molecule has 0 spiro atoms. The van der Waals surface area contributed by atoms with Crippen LogP contribution in [0.1, 0.15) is 35.8 Å². The first-order chi connectivity index (χ1) is 17.5. The molecule has 2 aromatic carbocycles. The van der Waals surface area contributed by atoms with Crippen molar-refractivity contribution in [1.82, 2.24) is 20.2 Å². The molecule has 7 nitrogen and oxygen atoms in total. The van der Waals surface area contributed by atoms with E-state index >= 15 is 0 Å². The highest BCUT2D eigenvalue weighted by molar-refractivity contribution is 5.96. The van der Waals surface area contributed by atoms with E-state index in [2.05, 4.69) is 53.4 Å². The van der Waals surface area contributed by atoms with Crippen molar-refractivity contribution in [3.63, 3.8) is 0 Å². The maximum absolute atomic E-state index is 13.0. The molecule has 0 unspecified atom stereocenters. The largest absolute Gasteiger partial charge is 0.493 e. The van der Waals surface area contributed by atoms with Crippen LogP contribution in [-0.4, -0.2) is 61.2 Å². The fraction of sp³-hybridized carbons (Fsp3) is 0.310. The number of nitrogens with zero attached hydrogens (tertiary/aromatic N) is 2. The maximum Gasteiger partial charge on any atom is 0.272 e. The molecule has 3 heterocycles. The minimum atomic E-state index is -0.0142. The normalized spacial score (nSPS) is 13.9. The van der Waals surface area contributed by atoms with E-state index < -0.39 is 0 Å². The molecule has 0 saturated carbocycles. The van der Waals surface area contributed by atoms with Crippen molar-refractivity contribution in [3.05, 3.63) is 66.0 Å². The van der Waals surface area contributed by atoms with Crippen molar-refractivity contribution >= 4 is 16.8 Å². The molecule has 7 heteroatoms. The van der Waals surface area contributed by atoms with E-state index in [0.717, 1.165) is 41.0 Å². The molecular weight excluding hydrogens is 452 g/mol. The molecule has 1 saturated heterocycles. The summed E-state index contributed by atoms with van der Waals surface area (Å²) in [7, 11) is 3.29. The lowest BCUT2D eigenvalue weighted by Gasteiger charge is -2.27. The van der Waals surface area contributed by atoms with Gasteiger partial charge in [0.2, 0.25) is 0 Å². The van der Waals surface area contributed by atoms with Crippen LogP contribution in [0.2, 0.25) is 0 Å². The number of carbonyl (C=O) groups excluding carboxylic acids is 1. The van der Waals surface area contributed by atoms with Gasteiger partial charge >= 0.3 is 0 Å². The molecule has 1 amide bonds. The van der Waals surface area contributed by atoms with Gasteiger partial charge in [-0.15, -0.1) is 0 Å². The predicted octanol–water partition coefficient (Wildman–Crippen LogP) is 5.08. The highest BCUT2D eigenvalue weighted by Crippen LogP contribution is 2.40. The van der Waals surface area contributed by atoms with Gasteiger partial charge in [0, 0.05) is 48.8 Å². The maximum atomic E-state index is 13.0. The molecule has 0 atom stereocenters. The third kappa shape index (κ3) is 4.42. The Morgan fingerprint density at radius 3 is 2.36 bits per heavy atom. The summed E-state index contributed by atoms with van der Waals surface area (Å²) in [6, 6.07) is 16.3. The number of benzene rings is 2. The van der Waals surface area contributed by atoms with E-state index in [1.165, 1.54) is 10.9 Å². The monoisotopic (exact) mass is 484 g/mol. The van der Waals surface area contributed by atoms with Crippen molar-refractivity contribution in [2.45, 2.75) is 19.8 Å². The first-order valence-electron chi connectivity index (χ1n) is 12.3. The number of piperazine rings is 1. The fourth-order valence-electron chi connectivity index (χ4n) is 4.97. The van der Waals surface area contributed by atoms with Crippen LogP contribution in [0.3, 0.4) is 0 Å². The Morgan fingerprint density at radius 1 is 0.917 bits per heavy atom. The van der Waals surface area contributed by atoms with E-state index in [1.54, 1.807) is 20.4 Å². The predicted molar refractivity (Wildman–Crippen MR) is 143 cm³/mol. The van der Waals surface area contributed by atoms with Crippen molar-refractivity contribution in [3.8, 4) is 33.9 Å². The van der Waals surface area contributed by atoms with E-state index in [1.807, 2.05) is 29.2 Å². The van der Waals surface area contributed by atoms with E-state index in [0.29, 0.717) is 36.2 Å². The van der Waals surface area contributed by atoms with Gasteiger partial charge in [0.25, 0.3) is 5.91 Å². The molecule has 2 N–H and O–H groups in total. The molecule has 0 radical (unpaired) electrons. The number of aromatic amines is 1. The molecule has 0 bridgehead atoms. The summed E-state index contributed by atoms with van der Waals surface area (Å²) in [5, 5.41) is 4.45. The SMILES string of the molecule is COc1ccc(-c2[nH]c3ccc(-c4ccnc(C(=O)N5CCNCC5)c4)cc3c2C(C)C)cc1OC. The zero-order valence-electron chi connectivity index (χ0n) is 21.2. The number of rotatable bonds is 6. The number of amides is 1. The van der Waals surface area contributed by atoms with Gasteiger partial charge in [-0.05, 0) is 65.1 Å². The van der Waals surface area contributed by atoms with Crippen LogP contribution in [0.4, 0.5) is 0 Å². The van der Waals surface area contributed by atoms with E-state index in [4.69, 9.17) is 9.47 Å². The van der Waals surface area contributed by atoms with E-state index in [9.17, 15) is 4.79 Å². The Balaban J connectivity index is 1.56. The number of ether oxygens (including phenoxy) is 2. The molecule has 0 aliphatic carbocycles. The molecule has 2 aromatic heterocycles. The van der Waals surface area contributed by atoms with Gasteiger partial charge in [0.1, 0.15) is 5.69 Å². The number of pyridine rings is 1. The van der Waals surface area contributed by atoms with Crippen molar-refractivity contribution in [2.24, 2.45) is 0 Å². The molecular formula is C29H32N4O3. The lowest BCUT2D eigenvalue weighted by Crippen LogP contribution is -2.46. The van der Waals surface area contributed by atoms with Crippen molar-refractivity contribution in [1.29, 1.82) is 0 Å². The summed E-state index contributed by atoms with van der Waals surface area (Å²) in [6.45, 7) is 7.45. The Kier molecular flexibility index (Phi) is 6.65. The van der Waals surface area contributed by atoms with Gasteiger partial charge < -0.3 is 24.7 Å². The van der Waals surface area contributed by atoms with Gasteiger partial charge in [-0.1, -0.05) is 19.9 Å². The van der Waals surface area contributed by atoms with Gasteiger partial charge in [-0.3, -0.25) is 9.78 Å². The first kappa shape index (κ1) is 23.9. The van der Waals surface area contributed by atoms with Crippen LogP contribution in [-0.2, 0) is 0 Å². The topological polar surface area (TPSA) is 79.5 Å². The van der Waals surface area contributed by atoms with Gasteiger partial charge in [0.05, 0.1) is 19.9 Å². The lowest BCUT2D eigenvalue weighted by atomic mass is 9.94. The summed E-state index contributed by atoms with van der Waals surface area (Å²) in [5.74, 6) is 1.68. The van der Waals surface area contributed by atoms with Crippen LogP contribution in [0.5, 0.6) is 11.5 Å². The quantitative estimate of drug-likeness (QED) is 0.399. The standard InChI is InChI=1S/C29H32N4O3/c1-18(2)27-22-15-19(20-9-10-31-24(16-20)29(34)33-13-11-30-12-14-33)5-7-23(22)32-28(27)21-6-8-25(35-3)26(17-21)36-4/h5-10,15-18,30,32H,11-14H2,1-4H3. The second-order valence-electron chi connectivity index (χ2n) is 9.37. The molecule has 5 rings (SSSR count). The molecule has 4 aromatic rings. The van der Waals surface area contributed by atoms with Crippen LogP contribution < -0.4 is 14.8 Å². The number of hydrogen-bond donors (Lipinski definition) is 2. The highest BCUT2D eigenvalue weighted by atomic mass is 16.5.